The first-order valence-corrected chi connectivity index (χ1v) is 6.77. The number of aliphatic hydroxyl groups is 2. The zero-order valence-electron chi connectivity index (χ0n) is 10.4. The van der Waals surface area contributed by atoms with Gasteiger partial charge in [-0.25, -0.2) is 4.39 Å². The van der Waals surface area contributed by atoms with Crippen molar-refractivity contribution in [2.24, 2.45) is 0 Å². The minimum Gasteiger partial charge on any atom is -0.393 e. The van der Waals surface area contributed by atoms with Crippen LogP contribution in [0.15, 0.2) is 22.7 Å². The van der Waals surface area contributed by atoms with Gasteiger partial charge in [-0.1, -0.05) is 6.07 Å². The van der Waals surface area contributed by atoms with Crippen LogP contribution in [0.25, 0.3) is 0 Å². The molecule has 1 aliphatic rings. The third kappa shape index (κ3) is 2.96. The molecule has 1 aromatic rings. The number of carbonyl (C=O) groups excluding carboxylic acids is 1. The summed E-state index contributed by atoms with van der Waals surface area (Å²) in [4.78, 5) is 12.0. The second-order valence-corrected chi connectivity index (χ2v) is 5.85. The van der Waals surface area contributed by atoms with Crippen LogP contribution in [0.3, 0.4) is 0 Å². The van der Waals surface area contributed by atoms with Crippen LogP contribution in [0.4, 0.5) is 4.39 Å². The first kappa shape index (κ1) is 14.4. The molecule has 0 aliphatic heterocycles. The highest BCUT2D eigenvalue weighted by Gasteiger charge is 2.37. The van der Waals surface area contributed by atoms with E-state index in [2.05, 4.69) is 21.2 Å². The summed E-state index contributed by atoms with van der Waals surface area (Å²) in [5, 5.41) is 22.1. The Labute approximate surface area is 118 Å². The van der Waals surface area contributed by atoms with Crippen molar-refractivity contribution in [3.63, 3.8) is 0 Å². The van der Waals surface area contributed by atoms with Gasteiger partial charge in [-0.2, -0.15) is 0 Å². The van der Waals surface area contributed by atoms with E-state index in [1.807, 2.05) is 0 Å². The Hall–Kier alpha value is -0.980. The molecule has 0 heterocycles. The number of benzene rings is 1. The summed E-state index contributed by atoms with van der Waals surface area (Å²) >= 11 is 3.02. The number of aliphatic hydroxyl groups excluding tert-OH is 1. The Kier molecular flexibility index (Phi) is 3.94. The van der Waals surface area contributed by atoms with Gasteiger partial charge in [0.15, 0.2) is 5.60 Å². The molecule has 1 fully saturated rings. The first-order chi connectivity index (χ1) is 8.80. The molecule has 1 saturated carbocycles. The quantitative estimate of drug-likeness (QED) is 0.784. The second kappa shape index (κ2) is 5.19. The van der Waals surface area contributed by atoms with Gasteiger partial charge in [0.1, 0.15) is 5.82 Å². The number of hydrogen-bond acceptors (Lipinski definition) is 3. The second-order valence-electron chi connectivity index (χ2n) is 5.00. The number of carbonyl (C=O) groups is 1. The smallest absolute Gasteiger partial charge is 0.256 e. The van der Waals surface area contributed by atoms with Gasteiger partial charge >= 0.3 is 0 Å². The minimum atomic E-state index is -1.74. The lowest BCUT2D eigenvalue weighted by atomic mass is 9.87. The Bertz CT molecular complexity index is 501. The van der Waals surface area contributed by atoms with Crippen molar-refractivity contribution >= 4 is 21.8 Å². The van der Waals surface area contributed by atoms with Crippen LogP contribution in [0.2, 0.25) is 0 Å². The van der Waals surface area contributed by atoms with Gasteiger partial charge in [-0.15, -0.1) is 0 Å². The highest BCUT2D eigenvalue weighted by Crippen LogP contribution is 2.27. The molecule has 1 amide bonds. The molecule has 1 aromatic carbocycles. The summed E-state index contributed by atoms with van der Waals surface area (Å²) in [5.74, 6) is -1.01. The van der Waals surface area contributed by atoms with Gasteiger partial charge in [0.25, 0.3) is 5.91 Å². The number of hydrogen-bond donors (Lipinski definition) is 3. The highest BCUT2D eigenvalue weighted by atomic mass is 79.9. The molecule has 0 saturated heterocycles. The van der Waals surface area contributed by atoms with E-state index in [0.29, 0.717) is 18.4 Å². The molecule has 0 aromatic heterocycles. The average Bonchev–Trinajstić information content (AvgIpc) is 2.30. The maximum atomic E-state index is 13.1. The molecular weight excluding hydrogens is 317 g/mol. The number of rotatable bonds is 3. The van der Waals surface area contributed by atoms with Gasteiger partial charge in [0, 0.05) is 6.04 Å². The number of amides is 1. The van der Waals surface area contributed by atoms with Gasteiger partial charge in [0.05, 0.1) is 10.6 Å². The topological polar surface area (TPSA) is 69.6 Å². The zero-order valence-corrected chi connectivity index (χ0v) is 11.9. The minimum absolute atomic E-state index is 0.113. The Morgan fingerprint density at radius 3 is 2.68 bits per heavy atom. The van der Waals surface area contributed by atoms with Gasteiger partial charge in [0.2, 0.25) is 0 Å². The van der Waals surface area contributed by atoms with Crippen LogP contribution < -0.4 is 5.32 Å². The first-order valence-electron chi connectivity index (χ1n) is 5.97. The zero-order chi connectivity index (χ0) is 14.2. The maximum absolute atomic E-state index is 13.1. The third-order valence-corrected chi connectivity index (χ3v) is 3.98. The van der Waals surface area contributed by atoms with E-state index >= 15 is 0 Å². The standard InChI is InChI=1S/C13H15BrFNO3/c1-13(19,7-2-3-11(15)10(14)4-7)12(18)16-8-5-9(17)6-8/h2-4,8-9,17,19H,5-6H2,1H3,(H,16,18). The van der Waals surface area contributed by atoms with E-state index in [1.165, 1.54) is 25.1 Å². The van der Waals surface area contributed by atoms with Crippen molar-refractivity contribution in [1.29, 1.82) is 0 Å². The summed E-state index contributed by atoms with van der Waals surface area (Å²) in [5.41, 5.74) is -1.44. The largest absolute Gasteiger partial charge is 0.393 e. The fourth-order valence-electron chi connectivity index (χ4n) is 1.96. The summed E-state index contributed by atoms with van der Waals surface area (Å²) in [6.45, 7) is 1.36. The Morgan fingerprint density at radius 1 is 1.53 bits per heavy atom. The average molecular weight is 332 g/mol. The predicted molar refractivity (Wildman–Crippen MR) is 70.8 cm³/mol. The van der Waals surface area contributed by atoms with Crippen LogP contribution in [-0.2, 0) is 10.4 Å². The molecule has 1 aliphatic carbocycles. The van der Waals surface area contributed by atoms with Crippen molar-refractivity contribution in [2.75, 3.05) is 0 Å². The fraction of sp³-hybridized carbons (Fsp3) is 0.462. The lowest BCUT2D eigenvalue weighted by Gasteiger charge is -2.34. The SMILES string of the molecule is CC(O)(C(=O)NC1CC(O)C1)c1ccc(F)c(Br)c1. The van der Waals surface area contributed by atoms with Crippen LogP contribution in [0, 0.1) is 5.82 Å². The van der Waals surface area contributed by atoms with Crippen molar-refractivity contribution < 1.29 is 19.4 Å². The Morgan fingerprint density at radius 2 is 2.16 bits per heavy atom. The van der Waals surface area contributed by atoms with E-state index < -0.39 is 17.3 Å². The van der Waals surface area contributed by atoms with Gasteiger partial charge in [-0.05, 0) is 53.4 Å². The van der Waals surface area contributed by atoms with Gasteiger partial charge in [-0.3, -0.25) is 4.79 Å². The lowest BCUT2D eigenvalue weighted by Crippen LogP contribution is -2.52. The van der Waals surface area contributed by atoms with Crippen molar-refractivity contribution in [1.82, 2.24) is 5.32 Å². The molecule has 0 spiro atoms. The van der Waals surface area contributed by atoms with Crippen molar-refractivity contribution in [3.8, 4) is 0 Å². The molecule has 0 radical (unpaired) electrons. The van der Waals surface area contributed by atoms with E-state index in [4.69, 9.17) is 5.11 Å². The van der Waals surface area contributed by atoms with Crippen LogP contribution in [-0.4, -0.2) is 28.3 Å². The molecule has 0 bridgehead atoms. The lowest BCUT2D eigenvalue weighted by molar-refractivity contribution is -0.141. The molecular formula is C13H15BrFNO3. The molecule has 6 heteroatoms. The highest BCUT2D eigenvalue weighted by molar-refractivity contribution is 9.10. The molecule has 104 valence electrons. The normalized spacial score (nSPS) is 25.3. The summed E-state index contributed by atoms with van der Waals surface area (Å²) in [7, 11) is 0. The van der Waals surface area contributed by atoms with E-state index in [-0.39, 0.29) is 16.6 Å². The summed E-state index contributed by atoms with van der Waals surface area (Å²) in [6.07, 6.45) is 0.611. The molecule has 4 nitrogen and oxygen atoms in total. The molecule has 2 rings (SSSR count). The monoisotopic (exact) mass is 331 g/mol. The van der Waals surface area contributed by atoms with Crippen LogP contribution >= 0.6 is 15.9 Å². The fourth-order valence-corrected chi connectivity index (χ4v) is 2.34. The third-order valence-electron chi connectivity index (χ3n) is 3.37. The summed E-state index contributed by atoms with van der Waals surface area (Å²) < 4.78 is 13.3. The van der Waals surface area contributed by atoms with Gasteiger partial charge < -0.3 is 15.5 Å². The number of nitrogens with one attached hydrogen (secondary N) is 1. The predicted octanol–water partition coefficient (Wildman–Crippen LogP) is 1.44. The van der Waals surface area contributed by atoms with E-state index in [1.54, 1.807) is 0 Å². The van der Waals surface area contributed by atoms with Crippen LogP contribution in [0.1, 0.15) is 25.3 Å². The Balaban J connectivity index is 2.11. The van der Waals surface area contributed by atoms with E-state index in [0.717, 1.165) is 0 Å². The van der Waals surface area contributed by atoms with Crippen LogP contribution in [0.5, 0.6) is 0 Å². The maximum Gasteiger partial charge on any atom is 0.256 e. The molecule has 1 atom stereocenters. The van der Waals surface area contributed by atoms with E-state index in [9.17, 15) is 14.3 Å². The number of halogens is 2. The molecule has 1 unspecified atom stereocenters. The van der Waals surface area contributed by atoms with Crippen molar-refractivity contribution in [3.05, 3.63) is 34.1 Å². The van der Waals surface area contributed by atoms with Crippen molar-refractivity contribution in [2.45, 2.75) is 37.5 Å². The molecule has 19 heavy (non-hydrogen) atoms. The summed E-state index contributed by atoms with van der Waals surface area (Å²) in [6, 6.07) is 3.83. The molecule has 3 N–H and O–H groups in total.